The van der Waals surface area contributed by atoms with Crippen LogP contribution in [0.2, 0.25) is 0 Å². The van der Waals surface area contributed by atoms with E-state index in [1.165, 1.54) is 0 Å². The van der Waals surface area contributed by atoms with Gasteiger partial charge in [0, 0.05) is 37.3 Å². The van der Waals surface area contributed by atoms with Gasteiger partial charge in [-0.2, -0.15) is 0 Å². The van der Waals surface area contributed by atoms with E-state index in [2.05, 4.69) is 10.6 Å². The minimum Gasteiger partial charge on any atom is -0.350 e. The number of imide groups is 1. The fourth-order valence-electron chi connectivity index (χ4n) is 3.59. The lowest BCUT2D eigenvalue weighted by molar-refractivity contribution is -0.125. The molecule has 2 heterocycles. The Kier molecular flexibility index (Phi) is 6.40. The quantitative estimate of drug-likeness (QED) is 0.679. The number of amides is 5. The van der Waals surface area contributed by atoms with Crippen molar-refractivity contribution >= 4 is 23.8 Å². The third kappa shape index (κ3) is 5.35. The van der Waals surface area contributed by atoms with Crippen LogP contribution in [0.25, 0.3) is 0 Å². The SMILES string of the molecule is CC(C)(C)NC(=O)CN1CCN(C(=O)c2ccccc2CN2C(=O)CNC2=O)CC1. The molecule has 0 spiro atoms. The zero-order chi connectivity index (χ0) is 21.9. The van der Waals surface area contributed by atoms with E-state index >= 15 is 0 Å². The number of hydrogen-bond donors (Lipinski definition) is 2. The highest BCUT2D eigenvalue weighted by molar-refractivity contribution is 6.02. The number of benzene rings is 1. The average molecular weight is 415 g/mol. The summed E-state index contributed by atoms with van der Waals surface area (Å²) < 4.78 is 0. The van der Waals surface area contributed by atoms with Crippen LogP contribution in [0.5, 0.6) is 0 Å². The van der Waals surface area contributed by atoms with Crippen LogP contribution < -0.4 is 10.6 Å². The standard InChI is InChI=1S/C21H29N5O4/c1-21(2,3)23-17(27)14-24-8-10-25(11-9-24)19(29)16-7-5-4-6-15(16)13-26-18(28)12-22-20(26)30/h4-7H,8-14H2,1-3H3,(H,22,30)(H,23,27). The molecule has 9 nitrogen and oxygen atoms in total. The summed E-state index contributed by atoms with van der Waals surface area (Å²) in [4.78, 5) is 53.9. The van der Waals surface area contributed by atoms with Gasteiger partial charge in [0.25, 0.3) is 5.91 Å². The maximum Gasteiger partial charge on any atom is 0.324 e. The third-order valence-corrected chi connectivity index (χ3v) is 5.05. The van der Waals surface area contributed by atoms with Gasteiger partial charge in [0.1, 0.15) is 0 Å². The van der Waals surface area contributed by atoms with Crippen LogP contribution in [0.1, 0.15) is 36.7 Å². The molecule has 2 aliphatic rings. The average Bonchev–Trinajstić information content (AvgIpc) is 2.99. The highest BCUT2D eigenvalue weighted by atomic mass is 16.2. The number of urea groups is 1. The Labute approximate surface area is 176 Å². The first-order valence-electron chi connectivity index (χ1n) is 10.1. The molecule has 162 valence electrons. The van der Waals surface area contributed by atoms with Crippen LogP contribution in [-0.2, 0) is 16.1 Å². The lowest BCUT2D eigenvalue weighted by Crippen LogP contribution is -2.53. The van der Waals surface area contributed by atoms with Crippen molar-refractivity contribution in [3.63, 3.8) is 0 Å². The molecule has 3 rings (SSSR count). The van der Waals surface area contributed by atoms with E-state index in [4.69, 9.17) is 0 Å². The van der Waals surface area contributed by atoms with Crippen molar-refractivity contribution in [1.29, 1.82) is 0 Å². The summed E-state index contributed by atoms with van der Waals surface area (Å²) in [7, 11) is 0. The minimum absolute atomic E-state index is 0.0142. The van der Waals surface area contributed by atoms with Crippen LogP contribution in [0.4, 0.5) is 4.79 Å². The summed E-state index contributed by atoms with van der Waals surface area (Å²) in [5, 5.41) is 5.44. The van der Waals surface area contributed by atoms with E-state index in [1.54, 1.807) is 29.2 Å². The number of nitrogens with one attached hydrogen (secondary N) is 2. The zero-order valence-electron chi connectivity index (χ0n) is 17.7. The Morgan fingerprint density at radius 3 is 2.33 bits per heavy atom. The molecular weight excluding hydrogens is 386 g/mol. The van der Waals surface area contributed by atoms with E-state index in [1.807, 2.05) is 25.7 Å². The van der Waals surface area contributed by atoms with Gasteiger partial charge in [0.2, 0.25) is 11.8 Å². The first kappa shape index (κ1) is 21.8. The molecule has 1 aromatic carbocycles. The van der Waals surface area contributed by atoms with Gasteiger partial charge in [-0.1, -0.05) is 18.2 Å². The minimum atomic E-state index is -0.440. The molecule has 0 unspecified atom stereocenters. The highest BCUT2D eigenvalue weighted by Crippen LogP contribution is 2.17. The summed E-state index contributed by atoms with van der Waals surface area (Å²) in [6.07, 6.45) is 0. The lowest BCUT2D eigenvalue weighted by atomic mass is 10.1. The van der Waals surface area contributed by atoms with Crippen LogP contribution in [0, 0.1) is 0 Å². The van der Waals surface area contributed by atoms with Crippen molar-refractivity contribution in [2.24, 2.45) is 0 Å². The molecule has 30 heavy (non-hydrogen) atoms. The van der Waals surface area contributed by atoms with Gasteiger partial charge < -0.3 is 15.5 Å². The second kappa shape index (κ2) is 8.83. The second-order valence-electron chi connectivity index (χ2n) is 8.66. The third-order valence-electron chi connectivity index (χ3n) is 5.05. The molecule has 0 aliphatic carbocycles. The first-order valence-corrected chi connectivity index (χ1v) is 10.1. The fourth-order valence-corrected chi connectivity index (χ4v) is 3.59. The molecule has 2 N–H and O–H groups in total. The molecule has 2 fully saturated rings. The molecule has 0 atom stereocenters. The number of carbonyl (C=O) groups is 4. The largest absolute Gasteiger partial charge is 0.350 e. The maximum atomic E-state index is 13.1. The van der Waals surface area contributed by atoms with Crippen molar-refractivity contribution < 1.29 is 19.2 Å². The van der Waals surface area contributed by atoms with Crippen LogP contribution >= 0.6 is 0 Å². The van der Waals surface area contributed by atoms with Crippen molar-refractivity contribution in [2.75, 3.05) is 39.3 Å². The Bertz CT molecular complexity index is 824. The van der Waals surface area contributed by atoms with Gasteiger partial charge in [-0.15, -0.1) is 0 Å². The molecule has 0 bridgehead atoms. The second-order valence-corrected chi connectivity index (χ2v) is 8.66. The summed E-state index contributed by atoms with van der Waals surface area (Å²) in [5.74, 6) is -0.456. The number of nitrogens with zero attached hydrogens (tertiary/aromatic N) is 3. The van der Waals surface area contributed by atoms with Crippen molar-refractivity contribution in [3.8, 4) is 0 Å². The Morgan fingerprint density at radius 1 is 1.07 bits per heavy atom. The van der Waals surface area contributed by atoms with Crippen LogP contribution in [0.15, 0.2) is 24.3 Å². The molecule has 0 aromatic heterocycles. The highest BCUT2D eigenvalue weighted by Gasteiger charge is 2.31. The topological polar surface area (TPSA) is 102 Å². The molecular formula is C21H29N5O4. The van der Waals surface area contributed by atoms with Gasteiger partial charge in [0.05, 0.1) is 19.6 Å². The number of carbonyl (C=O) groups excluding carboxylic acids is 4. The maximum absolute atomic E-state index is 13.1. The fraction of sp³-hybridized carbons (Fsp3) is 0.524. The van der Waals surface area contributed by atoms with Gasteiger partial charge >= 0.3 is 6.03 Å². The Balaban J connectivity index is 1.60. The van der Waals surface area contributed by atoms with Gasteiger partial charge in [-0.05, 0) is 32.4 Å². The molecule has 9 heteroatoms. The smallest absolute Gasteiger partial charge is 0.324 e. The molecule has 1 aromatic rings. The summed E-state index contributed by atoms with van der Waals surface area (Å²) in [5.41, 5.74) is 0.857. The van der Waals surface area contributed by atoms with Crippen molar-refractivity contribution in [1.82, 2.24) is 25.3 Å². The van der Waals surface area contributed by atoms with Crippen LogP contribution in [-0.4, -0.2) is 83.3 Å². The van der Waals surface area contributed by atoms with E-state index < -0.39 is 6.03 Å². The van der Waals surface area contributed by atoms with E-state index in [0.29, 0.717) is 43.9 Å². The summed E-state index contributed by atoms with van der Waals surface area (Å²) in [6.45, 7) is 8.44. The Hall–Kier alpha value is -2.94. The molecule has 0 radical (unpaired) electrons. The molecule has 5 amide bonds. The van der Waals surface area contributed by atoms with Crippen molar-refractivity contribution in [2.45, 2.75) is 32.9 Å². The van der Waals surface area contributed by atoms with E-state index in [0.717, 1.165) is 4.90 Å². The molecule has 2 saturated heterocycles. The predicted molar refractivity (Wildman–Crippen MR) is 111 cm³/mol. The monoisotopic (exact) mass is 415 g/mol. The summed E-state index contributed by atoms with van der Waals surface area (Å²) >= 11 is 0. The number of rotatable bonds is 5. The normalized spacial score (nSPS) is 17.8. The number of hydrogen-bond acceptors (Lipinski definition) is 5. The van der Waals surface area contributed by atoms with E-state index in [-0.39, 0.29) is 36.3 Å². The van der Waals surface area contributed by atoms with E-state index in [9.17, 15) is 19.2 Å². The first-order chi connectivity index (χ1) is 14.1. The van der Waals surface area contributed by atoms with Gasteiger partial charge in [-0.25, -0.2) is 4.79 Å². The summed E-state index contributed by atoms with van der Waals surface area (Å²) in [6, 6.07) is 6.61. The lowest BCUT2D eigenvalue weighted by Gasteiger charge is -2.35. The number of piperazine rings is 1. The molecule has 0 saturated carbocycles. The van der Waals surface area contributed by atoms with Gasteiger partial charge in [-0.3, -0.25) is 24.2 Å². The Morgan fingerprint density at radius 2 is 1.73 bits per heavy atom. The van der Waals surface area contributed by atoms with Crippen LogP contribution in [0.3, 0.4) is 0 Å². The zero-order valence-corrected chi connectivity index (χ0v) is 17.7. The van der Waals surface area contributed by atoms with Gasteiger partial charge in [0.15, 0.2) is 0 Å². The van der Waals surface area contributed by atoms with Crippen molar-refractivity contribution in [3.05, 3.63) is 35.4 Å². The molecule has 2 aliphatic heterocycles. The predicted octanol–water partition coefficient (Wildman–Crippen LogP) is 0.411.